The van der Waals surface area contributed by atoms with E-state index in [9.17, 15) is 0 Å². The fourth-order valence-electron chi connectivity index (χ4n) is 2.28. The van der Waals surface area contributed by atoms with Crippen molar-refractivity contribution >= 4 is 0 Å². The van der Waals surface area contributed by atoms with Gasteiger partial charge < -0.3 is 14.8 Å². The van der Waals surface area contributed by atoms with E-state index in [1.165, 1.54) is 5.56 Å². The van der Waals surface area contributed by atoms with Gasteiger partial charge in [0, 0.05) is 24.1 Å². The van der Waals surface area contributed by atoms with Crippen molar-refractivity contribution in [3.8, 4) is 5.75 Å². The molecule has 0 radical (unpaired) electrons. The molecule has 1 aliphatic heterocycles. The van der Waals surface area contributed by atoms with Crippen molar-refractivity contribution in [1.29, 1.82) is 0 Å². The number of aryl methyl sites for hydroxylation is 1. The zero-order valence-electron chi connectivity index (χ0n) is 11.7. The van der Waals surface area contributed by atoms with E-state index in [0.717, 1.165) is 31.0 Å². The quantitative estimate of drug-likeness (QED) is 0.874. The first kappa shape index (κ1) is 13.4. The fraction of sp³-hybridized carbons (Fsp3) is 0.600. The molecular formula is C15H23NO2. The molecule has 3 heteroatoms. The average molecular weight is 249 g/mol. The monoisotopic (exact) mass is 249 g/mol. The van der Waals surface area contributed by atoms with Gasteiger partial charge in [-0.3, -0.25) is 0 Å². The van der Waals surface area contributed by atoms with Crippen molar-refractivity contribution in [3.63, 3.8) is 0 Å². The number of rotatable bonds is 2. The smallest absolute Gasteiger partial charge is 0.124 e. The van der Waals surface area contributed by atoms with Crippen LogP contribution in [-0.2, 0) is 4.74 Å². The maximum absolute atomic E-state index is 6.06. The number of hydrogen-bond donors (Lipinski definition) is 1. The van der Waals surface area contributed by atoms with Crippen molar-refractivity contribution in [1.82, 2.24) is 5.32 Å². The van der Waals surface area contributed by atoms with Crippen LogP contribution in [0.3, 0.4) is 0 Å². The molecule has 1 atom stereocenters. The Kier molecular flexibility index (Phi) is 3.93. The molecule has 0 aliphatic carbocycles. The molecule has 1 saturated heterocycles. The van der Waals surface area contributed by atoms with E-state index in [4.69, 9.17) is 9.47 Å². The number of nitrogens with one attached hydrogen (secondary N) is 1. The lowest BCUT2D eigenvalue weighted by Crippen LogP contribution is -2.29. The standard InChI is InChI=1S/C15H23NO2/c1-11-5-6-13(17-4)12(7-11)14-8-16-9-15(2,3)10-18-14/h5-7,14,16H,8-10H2,1-4H3. The second kappa shape index (κ2) is 5.29. The summed E-state index contributed by atoms with van der Waals surface area (Å²) in [6, 6.07) is 6.24. The van der Waals surface area contributed by atoms with E-state index < -0.39 is 0 Å². The van der Waals surface area contributed by atoms with Crippen LogP contribution < -0.4 is 10.1 Å². The molecule has 1 aliphatic rings. The second-order valence-electron chi connectivity index (χ2n) is 5.84. The lowest BCUT2D eigenvalue weighted by Gasteiger charge is -2.22. The molecule has 0 spiro atoms. The van der Waals surface area contributed by atoms with Crippen LogP contribution in [0.1, 0.15) is 31.1 Å². The van der Waals surface area contributed by atoms with Gasteiger partial charge in [-0.05, 0) is 19.1 Å². The van der Waals surface area contributed by atoms with Gasteiger partial charge in [0.05, 0.1) is 19.8 Å². The third kappa shape index (κ3) is 3.03. The van der Waals surface area contributed by atoms with E-state index in [0.29, 0.717) is 0 Å². The van der Waals surface area contributed by atoms with Crippen LogP contribution in [0, 0.1) is 12.3 Å². The molecule has 100 valence electrons. The molecule has 0 bridgehead atoms. The van der Waals surface area contributed by atoms with Crippen molar-refractivity contribution in [2.75, 3.05) is 26.8 Å². The van der Waals surface area contributed by atoms with Crippen LogP contribution >= 0.6 is 0 Å². The first-order chi connectivity index (χ1) is 8.52. The van der Waals surface area contributed by atoms with Gasteiger partial charge >= 0.3 is 0 Å². The Balaban J connectivity index is 2.23. The summed E-state index contributed by atoms with van der Waals surface area (Å²) < 4.78 is 11.5. The van der Waals surface area contributed by atoms with E-state index in [1.54, 1.807) is 7.11 Å². The zero-order valence-corrected chi connectivity index (χ0v) is 11.7. The molecule has 1 unspecified atom stereocenters. The van der Waals surface area contributed by atoms with E-state index in [2.05, 4.69) is 38.2 Å². The first-order valence-corrected chi connectivity index (χ1v) is 6.49. The maximum atomic E-state index is 6.06. The predicted molar refractivity (Wildman–Crippen MR) is 73.1 cm³/mol. The summed E-state index contributed by atoms with van der Waals surface area (Å²) in [6.07, 6.45) is 0.0709. The Bertz CT molecular complexity index is 415. The maximum Gasteiger partial charge on any atom is 0.124 e. The van der Waals surface area contributed by atoms with Crippen molar-refractivity contribution < 1.29 is 9.47 Å². The Morgan fingerprint density at radius 3 is 2.89 bits per heavy atom. The summed E-state index contributed by atoms with van der Waals surface area (Å²) in [5.74, 6) is 0.909. The number of methoxy groups -OCH3 is 1. The molecule has 1 aromatic carbocycles. The van der Waals surface area contributed by atoms with Gasteiger partial charge in [0.25, 0.3) is 0 Å². The summed E-state index contributed by atoms with van der Waals surface area (Å²) in [5.41, 5.74) is 2.56. The topological polar surface area (TPSA) is 30.5 Å². The number of hydrogen-bond acceptors (Lipinski definition) is 3. The minimum absolute atomic E-state index is 0.0709. The molecule has 1 heterocycles. The minimum Gasteiger partial charge on any atom is -0.496 e. The highest BCUT2D eigenvalue weighted by molar-refractivity contribution is 5.38. The summed E-state index contributed by atoms with van der Waals surface area (Å²) in [6.45, 7) is 9.12. The van der Waals surface area contributed by atoms with Crippen LogP contribution in [0.25, 0.3) is 0 Å². The van der Waals surface area contributed by atoms with Gasteiger partial charge in [-0.2, -0.15) is 0 Å². The Morgan fingerprint density at radius 1 is 1.39 bits per heavy atom. The molecule has 1 N–H and O–H groups in total. The highest BCUT2D eigenvalue weighted by Gasteiger charge is 2.27. The van der Waals surface area contributed by atoms with Gasteiger partial charge in [-0.1, -0.05) is 25.5 Å². The Morgan fingerprint density at radius 2 is 2.17 bits per heavy atom. The summed E-state index contributed by atoms with van der Waals surface area (Å²) in [5, 5.41) is 3.48. The SMILES string of the molecule is COc1ccc(C)cc1C1CNCC(C)(C)CO1. The van der Waals surface area contributed by atoms with E-state index >= 15 is 0 Å². The molecule has 0 saturated carbocycles. The van der Waals surface area contributed by atoms with E-state index in [1.807, 2.05) is 6.07 Å². The Hall–Kier alpha value is -1.06. The highest BCUT2D eigenvalue weighted by Crippen LogP contribution is 2.31. The first-order valence-electron chi connectivity index (χ1n) is 6.49. The average Bonchev–Trinajstić information content (AvgIpc) is 2.50. The molecule has 1 aromatic rings. The molecule has 3 nitrogen and oxygen atoms in total. The number of benzene rings is 1. The largest absolute Gasteiger partial charge is 0.496 e. The zero-order chi connectivity index (χ0) is 13.2. The summed E-state index contributed by atoms with van der Waals surface area (Å²) in [4.78, 5) is 0. The van der Waals surface area contributed by atoms with Crippen LogP contribution in [-0.4, -0.2) is 26.8 Å². The molecule has 18 heavy (non-hydrogen) atoms. The molecule has 0 aromatic heterocycles. The van der Waals surface area contributed by atoms with Crippen molar-refractivity contribution in [2.24, 2.45) is 5.41 Å². The normalized spacial score (nSPS) is 23.4. The second-order valence-corrected chi connectivity index (χ2v) is 5.84. The van der Waals surface area contributed by atoms with E-state index in [-0.39, 0.29) is 11.5 Å². The van der Waals surface area contributed by atoms with Gasteiger partial charge in [0.2, 0.25) is 0 Å². The predicted octanol–water partition coefficient (Wildman–Crippen LogP) is 2.69. The van der Waals surface area contributed by atoms with Crippen LogP contribution in [0.2, 0.25) is 0 Å². The Labute approximate surface area is 109 Å². The molecule has 0 amide bonds. The van der Waals surface area contributed by atoms with Gasteiger partial charge in [-0.25, -0.2) is 0 Å². The molecule has 1 fully saturated rings. The highest BCUT2D eigenvalue weighted by atomic mass is 16.5. The molecular weight excluding hydrogens is 226 g/mol. The van der Waals surface area contributed by atoms with Gasteiger partial charge in [0.15, 0.2) is 0 Å². The third-order valence-electron chi connectivity index (χ3n) is 3.34. The minimum atomic E-state index is 0.0709. The van der Waals surface area contributed by atoms with Crippen LogP contribution in [0.5, 0.6) is 5.75 Å². The van der Waals surface area contributed by atoms with Crippen molar-refractivity contribution in [3.05, 3.63) is 29.3 Å². The van der Waals surface area contributed by atoms with Gasteiger partial charge in [0.1, 0.15) is 5.75 Å². The third-order valence-corrected chi connectivity index (χ3v) is 3.34. The van der Waals surface area contributed by atoms with Crippen molar-refractivity contribution in [2.45, 2.75) is 26.9 Å². The molecule has 2 rings (SSSR count). The van der Waals surface area contributed by atoms with Gasteiger partial charge in [-0.15, -0.1) is 0 Å². The van der Waals surface area contributed by atoms with Crippen LogP contribution in [0.4, 0.5) is 0 Å². The lowest BCUT2D eigenvalue weighted by atomic mass is 9.95. The lowest BCUT2D eigenvalue weighted by molar-refractivity contribution is 0.0248. The summed E-state index contributed by atoms with van der Waals surface area (Å²) in [7, 11) is 1.71. The fourth-order valence-corrected chi connectivity index (χ4v) is 2.28. The number of ether oxygens (including phenoxy) is 2. The summed E-state index contributed by atoms with van der Waals surface area (Å²) >= 11 is 0. The van der Waals surface area contributed by atoms with Crippen LogP contribution in [0.15, 0.2) is 18.2 Å².